The van der Waals surface area contributed by atoms with Crippen LogP contribution in [0.3, 0.4) is 0 Å². The van der Waals surface area contributed by atoms with Crippen LogP contribution in [0.2, 0.25) is 0 Å². The molecule has 1 aliphatic heterocycles. The summed E-state index contributed by atoms with van der Waals surface area (Å²) >= 11 is 0. The minimum Gasteiger partial charge on any atom is -0.389 e. The van der Waals surface area contributed by atoms with E-state index in [2.05, 4.69) is 10.3 Å². The summed E-state index contributed by atoms with van der Waals surface area (Å²) in [6.07, 6.45) is 3.20. The zero-order chi connectivity index (χ0) is 19.9. The number of benzene rings is 1. The summed E-state index contributed by atoms with van der Waals surface area (Å²) in [7, 11) is 1.87. The molecule has 0 spiro atoms. The molecule has 1 aliphatic rings. The number of nitrogens with one attached hydrogen (secondary N) is 1. The summed E-state index contributed by atoms with van der Waals surface area (Å²) in [5, 5.41) is 13.3. The highest BCUT2D eigenvalue weighted by Crippen LogP contribution is 2.15. The average molecular weight is 382 g/mol. The van der Waals surface area contributed by atoms with E-state index in [-0.39, 0.29) is 30.9 Å². The Hall–Kier alpha value is -2.77. The Kier molecular flexibility index (Phi) is 6.73. The van der Waals surface area contributed by atoms with Crippen molar-refractivity contribution in [3.05, 3.63) is 66.0 Å². The van der Waals surface area contributed by atoms with Crippen LogP contribution in [0, 0.1) is 0 Å². The topological polar surface area (TPSA) is 85.8 Å². The number of pyridine rings is 1. The second-order valence-electron chi connectivity index (χ2n) is 7.17. The van der Waals surface area contributed by atoms with Gasteiger partial charge in [0.1, 0.15) is 0 Å². The number of aliphatic hydroxyl groups excluding tert-OH is 1. The Morgan fingerprint density at radius 3 is 2.61 bits per heavy atom. The zero-order valence-corrected chi connectivity index (χ0v) is 16.0. The predicted molar refractivity (Wildman–Crippen MR) is 105 cm³/mol. The number of likely N-dealkylation sites (tertiary alicyclic amines) is 1. The molecule has 3 rings (SSSR count). The quantitative estimate of drug-likeness (QED) is 0.776. The molecular weight excluding hydrogens is 356 g/mol. The Morgan fingerprint density at radius 2 is 1.93 bits per heavy atom. The molecule has 1 fully saturated rings. The van der Waals surface area contributed by atoms with Gasteiger partial charge in [0.15, 0.2) is 0 Å². The molecule has 0 unspecified atom stereocenters. The number of rotatable bonds is 6. The molecule has 2 atom stereocenters. The van der Waals surface area contributed by atoms with Crippen LogP contribution in [0.15, 0.2) is 54.9 Å². The first-order valence-electron chi connectivity index (χ1n) is 9.42. The van der Waals surface area contributed by atoms with Crippen LogP contribution >= 0.6 is 0 Å². The van der Waals surface area contributed by atoms with Gasteiger partial charge in [-0.25, -0.2) is 0 Å². The fourth-order valence-electron chi connectivity index (χ4n) is 3.40. The van der Waals surface area contributed by atoms with Crippen LogP contribution in [0.1, 0.15) is 22.3 Å². The number of likely N-dealkylation sites (N-methyl/N-ethyl adjacent to an activating group) is 1. The summed E-state index contributed by atoms with van der Waals surface area (Å²) in [6.45, 7) is 1.59. The van der Waals surface area contributed by atoms with Gasteiger partial charge in [0, 0.05) is 37.6 Å². The molecule has 1 aromatic heterocycles. The van der Waals surface area contributed by atoms with Crippen molar-refractivity contribution in [3.63, 3.8) is 0 Å². The van der Waals surface area contributed by atoms with Crippen LogP contribution in [0.4, 0.5) is 0 Å². The number of β-amino-alcohol motifs (C(OH)–C–C–N with tert-alkyl or cyclic N) is 1. The average Bonchev–Trinajstić information content (AvgIpc) is 2.70. The Morgan fingerprint density at radius 1 is 1.21 bits per heavy atom. The number of nitrogens with zero attached hydrogens (tertiary/aromatic N) is 3. The normalized spacial score (nSPS) is 19.5. The minimum atomic E-state index is -0.782. The van der Waals surface area contributed by atoms with E-state index in [0.29, 0.717) is 25.1 Å². The van der Waals surface area contributed by atoms with E-state index >= 15 is 0 Å². The molecule has 2 amide bonds. The maximum absolute atomic E-state index is 12.5. The minimum absolute atomic E-state index is 0.0958. The first-order chi connectivity index (χ1) is 13.5. The Bertz CT molecular complexity index is 785. The van der Waals surface area contributed by atoms with E-state index in [4.69, 9.17) is 0 Å². The lowest BCUT2D eigenvalue weighted by atomic mass is 10.0. The number of hydrogen-bond donors (Lipinski definition) is 2. The summed E-state index contributed by atoms with van der Waals surface area (Å²) in [6, 6.07) is 12.5. The van der Waals surface area contributed by atoms with Gasteiger partial charge in [-0.05, 0) is 43.3 Å². The van der Waals surface area contributed by atoms with E-state index in [0.717, 1.165) is 5.56 Å². The van der Waals surface area contributed by atoms with Gasteiger partial charge in [0.05, 0.1) is 18.7 Å². The van der Waals surface area contributed by atoms with Crippen molar-refractivity contribution < 1.29 is 14.7 Å². The molecule has 148 valence electrons. The van der Waals surface area contributed by atoms with Crippen molar-refractivity contribution in [2.45, 2.75) is 25.1 Å². The van der Waals surface area contributed by atoms with Gasteiger partial charge in [-0.15, -0.1) is 0 Å². The summed E-state index contributed by atoms with van der Waals surface area (Å²) < 4.78 is 0. The molecule has 7 heteroatoms. The zero-order valence-electron chi connectivity index (χ0n) is 16.0. The molecule has 0 saturated carbocycles. The van der Waals surface area contributed by atoms with Crippen molar-refractivity contribution in [3.8, 4) is 0 Å². The fraction of sp³-hybridized carbons (Fsp3) is 0.381. The lowest BCUT2D eigenvalue weighted by molar-refractivity contribution is -0.124. The number of piperidine rings is 1. The summed E-state index contributed by atoms with van der Waals surface area (Å²) in [4.78, 5) is 32.4. The molecule has 28 heavy (non-hydrogen) atoms. The molecule has 2 N–H and O–H groups in total. The molecule has 0 radical (unpaired) electrons. The van der Waals surface area contributed by atoms with E-state index in [1.807, 2.05) is 42.3 Å². The molecule has 0 bridgehead atoms. The summed E-state index contributed by atoms with van der Waals surface area (Å²) in [5.74, 6) is -0.232. The second kappa shape index (κ2) is 9.43. The maximum atomic E-state index is 12.5. The van der Waals surface area contributed by atoms with Gasteiger partial charge < -0.3 is 15.3 Å². The van der Waals surface area contributed by atoms with Crippen molar-refractivity contribution in [1.82, 2.24) is 20.1 Å². The first-order valence-corrected chi connectivity index (χ1v) is 9.42. The monoisotopic (exact) mass is 382 g/mol. The molecule has 2 heterocycles. The van der Waals surface area contributed by atoms with E-state index in [1.165, 1.54) is 0 Å². The Balaban J connectivity index is 1.46. The van der Waals surface area contributed by atoms with Crippen LogP contribution < -0.4 is 5.32 Å². The van der Waals surface area contributed by atoms with Gasteiger partial charge in [-0.2, -0.15) is 0 Å². The van der Waals surface area contributed by atoms with Crippen molar-refractivity contribution >= 4 is 11.8 Å². The largest absolute Gasteiger partial charge is 0.389 e. The Labute approximate surface area is 165 Å². The molecule has 1 aromatic carbocycles. The van der Waals surface area contributed by atoms with Crippen LogP contribution in [0.5, 0.6) is 0 Å². The van der Waals surface area contributed by atoms with Gasteiger partial charge in [-0.3, -0.25) is 19.5 Å². The second-order valence-corrected chi connectivity index (χ2v) is 7.17. The van der Waals surface area contributed by atoms with Crippen LogP contribution in [-0.2, 0) is 11.3 Å². The predicted octanol–water partition coefficient (Wildman–Crippen LogP) is 0.905. The SMILES string of the molecule is CN(CC(=O)N[C@@H]1CCN(C(=O)c2ccccc2)C[C@H]1O)Cc1ccncc1. The first kappa shape index (κ1) is 20.0. The maximum Gasteiger partial charge on any atom is 0.253 e. The van der Waals surface area contributed by atoms with Gasteiger partial charge in [0.2, 0.25) is 5.91 Å². The van der Waals surface area contributed by atoms with E-state index in [1.54, 1.807) is 29.4 Å². The van der Waals surface area contributed by atoms with Crippen molar-refractivity contribution in [1.29, 1.82) is 0 Å². The highest BCUT2D eigenvalue weighted by molar-refractivity contribution is 5.94. The fourth-order valence-corrected chi connectivity index (χ4v) is 3.40. The van der Waals surface area contributed by atoms with Gasteiger partial charge in [0.25, 0.3) is 5.91 Å². The number of aromatic nitrogens is 1. The molecule has 2 aromatic rings. The highest BCUT2D eigenvalue weighted by atomic mass is 16.3. The smallest absolute Gasteiger partial charge is 0.253 e. The summed E-state index contributed by atoms with van der Waals surface area (Å²) in [5.41, 5.74) is 1.69. The van der Waals surface area contributed by atoms with E-state index in [9.17, 15) is 14.7 Å². The lowest BCUT2D eigenvalue weighted by Crippen LogP contribution is -2.56. The van der Waals surface area contributed by atoms with E-state index < -0.39 is 6.10 Å². The number of hydrogen-bond acceptors (Lipinski definition) is 5. The number of amides is 2. The van der Waals surface area contributed by atoms with Crippen LogP contribution in [-0.4, -0.2) is 70.5 Å². The standard InChI is InChI=1S/C21H26N4O3/c1-24(13-16-7-10-22-11-8-16)15-20(27)23-18-9-12-25(14-19(18)26)21(28)17-5-3-2-4-6-17/h2-8,10-11,18-19,26H,9,12-15H2,1H3,(H,23,27)/t18-,19-/m1/s1. The highest BCUT2D eigenvalue weighted by Gasteiger charge is 2.31. The third-order valence-corrected chi connectivity index (χ3v) is 4.85. The number of carbonyl (C=O) groups excluding carboxylic acids is 2. The van der Waals surface area contributed by atoms with Crippen molar-refractivity contribution in [2.75, 3.05) is 26.7 Å². The number of carbonyl (C=O) groups is 2. The molecule has 7 nitrogen and oxygen atoms in total. The van der Waals surface area contributed by atoms with Gasteiger partial charge in [-0.1, -0.05) is 18.2 Å². The van der Waals surface area contributed by atoms with Gasteiger partial charge >= 0.3 is 0 Å². The third kappa shape index (κ3) is 5.37. The molecule has 0 aliphatic carbocycles. The molecule has 1 saturated heterocycles. The molecular formula is C21H26N4O3. The van der Waals surface area contributed by atoms with Crippen molar-refractivity contribution in [2.24, 2.45) is 0 Å². The third-order valence-electron chi connectivity index (χ3n) is 4.85. The number of aliphatic hydroxyl groups is 1. The lowest BCUT2D eigenvalue weighted by Gasteiger charge is -2.36. The van der Waals surface area contributed by atoms with Crippen LogP contribution in [0.25, 0.3) is 0 Å².